The molecule has 17 heavy (non-hydrogen) atoms. The van der Waals surface area contributed by atoms with Gasteiger partial charge < -0.3 is 0 Å². The highest BCUT2D eigenvalue weighted by molar-refractivity contribution is 5.19. The van der Waals surface area contributed by atoms with E-state index in [-0.39, 0.29) is 5.41 Å². The molecular formula is C14H27N3. The van der Waals surface area contributed by atoms with Crippen LogP contribution in [0.5, 0.6) is 0 Å². The maximum atomic E-state index is 4.39. The zero-order chi connectivity index (χ0) is 13.1. The van der Waals surface area contributed by atoms with Gasteiger partial charge in [-0.25, -0.2) is 4.68 Å². The predicted molar refractivity (Wildman–Crippen MR) is 72.2 cm³/mol. The number of aromatic nitrogens is 3. The standard InChI is InChI=1S/C14H27N3/c1-7-8-9-17-13(14(4,5)6)12(15-16-17)10-11(2)3/h11H,7-10H2,1-6H3. The second-order valence-corrected chi connectivity index (χ2v) is 6.31. The fourth-order valence-electron chi connectivity index (χ4n) is 2.16. The summed E-state index contributed by atoms with van der Waals surface area (Å²) >= 11 is 0. The zero-order valence-corrected chi connectivity index (χ0v) is 12.2. The third-order valence-corrected chi connectivity index (χ3v) is 2.84. The van der Waals surface area contributed by atoms with E-state index >= 15 is 0 Å². The molecule has 1 aromatic heterocycles. The number of hydrogen-bond acceptors (Lipinski definition) is 2. The summed E-state index contributed by atoms with van der Waals surface area (Å²) in [6, 6.07) is 0. The Balaban J connectivity index is 3.02. The SMILES string of the molecule is CCCCn1nnc(CC(C)C)c1C(C)(C)C. The molecule has 0 aliphatic carbocycles. The van der Waals surface area contributed by atoms with E-state index in [0.717, 1.165) is 13.0 Å². The first kappa shape index (κ1) is 14.2. The minimum atomic E-state index is 0.126. The second-order valence-electron chi connectivity index (χ2n) is 6.31. The van der Waals surface area contributed by atoms with Gasteiger partial charge in [0.05, 0.1) is 11.4 Å². The highest BCUT2D eigenvalue weighted by Gasteiger charge is 2.25. The van der Waals surface area contributed by atoms with Crippen molar-refractivity contribution in [3.63, 3.8) is 0 Å². The Morgan fingerprint density at radius 1 is 1.24 bits per heavy atom. The third-order valence-electron chi connectivity index (χ3n) is 2.84. The molecule has 1 aromatic rings. The van der Waals surface area contributed by atoms with E-state index in [2.05, 4.69) is 56.5 Å². The highest BCUT2D eigenvalue weighted by Crippen LogP contribution is 2.26. The van der Waals surface area contributed by atoms with Gasteiger partial charge in [0, 0.05) is 12.0 Å². The molecule has 0 N–H and O–H groups in total. The van der Waals surface area contributed by atoms with Gasteiger partial charge in [-0.3, -0.25) is 0 Å². The van der Waals surface area contributed by atoms with Crippen molar-refractivity contribution >= 4 is 0 Å². The van der Waals surface area contributed by atoms with E-state index in [0.29, 0.717) is 5.92 Å². The van der Waals surface area contributed by atoms with E-state index in [4.69, 9.17) is 0 Å². The second kappa shape index (κ2) is 5.65. The topological polar surface area (TPSA) is 30.7 Å². The van der Waals surface area contributed by atoms with Crippen LogP contribution in [0.3, 0.4) is 0 Å². The van der Waals surface area contributed by atoms with E-state index in [1.165, 1.54) is 24.2 Å². The Morgan fingerprint density at radius 2 is 1.88 bits per heavy atom. The van der Waals surface area contributed by atoms with Crippen molar-refractivity contribution in [2.75, 3.05) is 0 Å². The third kappa shape index (κ3) is 3.83. The average Bonchev–Trinajstić information content (AvgIpc) is 2.56. The fraction of sp³-hybridized carbons (Fsp3) is 0.857. The van der Waals surface area contributed by atoms with Crippen molar-refractivity contribution in [2.45, 2.75) is 72.8 Å². The number of hydrogen-bond donors (Lipinski definition) is 0. The summed E-state index contributed by atoms with van der Waals surface area (Å²) in [5.74, 6) is 0.632. The molecule has 0 saturated carbocycles. The first-order valence-electron chi connectivity index (χ1n) is 6.79. The van der Waals surface area contributed by atoms with Crippen LogP contribution in [-0.4, -0.2) is 15.0 Å². The molecule has 0 aromatic carbocycles. The molecule has 0 atom stereocenters. The lowest BCUT2D eigenvalue weighted by molar-refractivity contribution is 0.463. The lowest BCUT2D eigenvalue weighted by Gasteiger charge is -2.21. The summed E-state index contributed by atoms with van der Waals surface area (Å²) in [6.45, 7) is 14.4. The Labute approximate surface area is 106 Å². The van der Waals surface area contributed by atoms with Gasteiger partial charge >= 0.3 is 0 Å². The smallest absolute Gasteiger partial charge is 0.0867 e. The Bertz CT molecular complexity index is 345. The largest absolute Gasteiger partial charge is 0.249 e. The number of aryl methyl sites for hydroxylation is 1. The van der Waals surface area contributed by atoms with Gasteiger partial charge in [-0.05, 0) is 18.8 Å². The Morgan fingerprint density at radius 3 is 2.35 bits per heavy atom. The van der Waals surface area contributed by atoms with Crippen molar-refractivity contribution in [3.05, 3.63) is 11.4 Å². The van der Waals surface area contributed by atoms with Crippen LogP contribution in [0.1, 0.15) is 65.8 Å². The van der Waals surface area contributed by atoms with Crippen molar-refractivity contribution in [1.82, 2.24) is 15.0 Å². The van der Waals surface area contributed by atoms with E-state index < -0.39 is 0 Å². The van der Waals surface area contributed by atoms with Crippen LogP contribution in [0.4, 0.5) is 0 Å². The summed E-state index contributed by atoms with van der Waals surface area (Å²) in [6.07, 6.45) is 3.40. The molecule has 98 valence electrons. The number of unbranched alkanes of at least 4 members (excludes halogenated alkanes) is 1. The lowest BCUT2D eigenvalue weighted by atomic mass is 9.88. The lowest BCUT2D eigenvalue weighted by Crippen LogP contribution is -2.21. The predicted octanol–water partition coefficient (Wildman–Crippen LogP) is 3.57. The summed E-state index contributed by atoms with van der Waals surface area (Å²) < 4.78 is 2.11. The Kier molecular flexibility index (Phi) is 4.72. The molecule has 3 heteroatoms. The molecule has 0 bridgehead atoms. The number of nitrogens with zero attached hydrogens (tertiary/aromatic N) is 3. The van der Waals surface area contributed by atoms with Gasteiger partial charge in [-0.15, -0.1) is 5.10 Å². The van der Waals surface area contributed by atoms with Gasteiger partial charge in [-0.1, -0.05) is 53.2 Å². The molecule has 3 nitrogen and oxygen atoms in total. The quantitative estimate of drug-likeness (QED) is 0.783. The van der Waals surface area contributed by atoms with Crippen LogP contribution in [0.2, 0.25) is 0 Å². The van der Waals surface area contributed by atoms with Crippen LogP contribution in [-0.2, 0) is 18.4 Å². The first-order valence-corrected chi connectivity index (χ1v) is 6.79. The molecule has 0 amide bonds. The monoisotopic (exact) mass is 237 g/mol. The van der Waals surface area contributed by atoms with Crippen molar-refractivity contribution < 1.29 is 0 Å². The van der Waals surface area contributed by atoms with E-state index in [9.17, 15) is 0 Å². The summed E-state index contributed by atoms with van der Waals surface area (Å²) in [7, 11) is 0. The van der Waals surface area contributed by atoms with Crippen molar-refractivity contribution in [2.24, 2.45) is 5.92 Å². The van der Waals surface area contributed by atoms with Gasteiger partial charge in [0.2, 0.25) is 0 Å². The summed E-state index contributed by atoms with van der Waals surface area (Å²) in [4.78, 5) is 0. The van der Waals surface area contributed by atoms with Gasteiger partial charge in [0.15, 0.2) is 0 Å². The molecule has 0 unspecified atom stereocenters. The minimum absolute atomic E-state index is 0.126. The van der Waals surface area contributed by atoms with Crippen molar-refractivity contribution in [1.29, 1.82) is 0 Å². The first-order chi connectivity index (χ1) is 7.86. The van der Waals surface area contributed by atoms with E-state index in [1.807, 2.05) is 0 Å². The maximum absolute atomic E-state index is 4.39. The van der Waals surface area contributed by atoms with Gasteiger partial charge in [0.1, 0.15) is 0 Å². The highest BCUT2D eigenvalue weighted by atomic mass is 15.4. The van der Waals surface area contributed by atoms with Gasteiger partial charge in [0.25, 0.3) is 0 Å². The molecule has 1 heterocycles. The molecular weight excluding hydrogens is 210 g/mol. The minimum Gasteiger partial charge on any atom is -0.249 e. The molecule has 0 aliphatic heterocycles. The number of rotatable bonds is 5. The van der Waals surface area contributed by atoms with Crippen molar-refractivity contribution in [3.8, 4) is 0 Å². The summed E-state index contributed by atoms with van der Waals surface area (Å²) in [5.41, 5.74) is 2.63. The molecule has 0 saturated heterocycles. The molecule has 0 fully saturated rings. The van der Waals surface area contributed by atoms with Crippen LogP contribution < -0.4 is 0 Å². The van der Waals surface area contributed by atoms with Crippen LogP contribution >= 0.6 is 0 Å². The Hall–Kier alpha value is -0.860. The average molecular weight is 237 g/mol. The van der Waals surface area contributed by atoms with Crippen LogP contribution in [0, 0.1) is 5.92 Å². The summed E-state index contributed by atoms with van der Waals surface area (Å²) in [5, 5.41) is 8.73. The normalized spacial score (nSPS) is 12.4. The van der Waals surface area contributed by atoms with E-state index in [1.54, 1.807) is 0 Å². The van der Waals surface area contributed by atoms with Crippen LogP contribution in [0.15, 0.2) is 0 Å². The van der Waals surface area contributed by atoms with Crippen LogP contribution in [0.25, 0.3) is 0 Å². The fourth-order valence-corrected chi connectivity index (χ4v) is 2.16. The maximum Gasteiger partial charge on any atom is 0.0867 e. The molecule has 1 rings (SSSR count). The van der Waals surface area contributed by atoms with Gasteiger partial charge in [-0.2, -0.15) is 0 Å². The molecule has 0 radical (unpaired) electrons. The molecule has 0 spiro atoms. The molecule has 0 aliphatic rings. The zero-order valence-electron chi connectivity index (χ0n) is 12.2.